The molecule has 0 aliphatic rings. The lowest BCUT2D eigenvalue weighted by Crippen LogP contribution is -2.00. The van der Waals surface area contributed by atoms with Crippen molar-refractivity contribution in [2.75, 3.05) is 0 Å². The fourth-order valence-electron chi connectivity index (χ4n) is 4.65. The Bertz CT molecular complexity index is 1810. The van der Waals surface area contributed by atoms with Gasteiger partial charge in [0.1, 0.15) is 11.2 Å². The molecule has 0 fully saturated rings. The zero-order valence-corrected chi connectivity index (χ0v) is 19.7. The molecule has 3 aromatic heterocycles. The predicted octanol–water partition coefficient (Wildman–Crippen LogP) is 7.83. The van der Waals surface area contributed by atoms with E-state index in [2.05, 4.69) is 29.2 Å². The molecule has 174 valence electrons. The Morgan fingerprint density at radius 1 is 0.486 bits per heavy atom. The molecule has 3 heterocycles. The summed E-state index contributed by atoms with van der Waals surface area (Å²) in [7, 11) is 0. The van der Waals surface area contributed by atoms with Gasteiger partial charge in [0.05, 0.1) is 0 Å². The average molecular weight is 477 g/mol. The largest absolute Gasteiger partial charge is 0.456 e. The normalized spacial score (nSPS) is 11.2. The number of benzene rings is 4. The van der Waals surface area contributed by atoms with Crippen LogP contribution in [0.4, 0.5) is 0 Å². The Morgan fingerprint density at radius 3 is 1.68 bits per heavy atom. The molecular weight excluding hydrogens is 456 g/mol. The summed E-state index contributed by atoms with van der Waals surface area (Å²) in [6, 6.07) is 36.4. The Balaban J connectivity index is 1.56. The van der Waals surface area contributed by atoms with Crippen molar-refractivity contribution in [2.45, 2.75) is 0 Å². The first-order chi connectivity index (χ1) is 18.3. The van der Waals surface area contributed by atoms with Gasteiger partial charge in [-0.1, -0.05) is 91.0 Å². The van der Waals surface area contributed by atoms with Gasteiger partial charge in [-0.3, -0.25) is 4.98 Å². The van der Waals surface area contributed by atoms with Gasteiger partial charge < -0.3 is 4.42 Å². The lowest BCUT2D eigenvalue weighted by atomic mass is 9.98. The Labute approximate surface area is 213 Å². The van der Waals surface area contributed by atoms with Gasteiger partial charge in [-0.2, -0.15) is 0 Å². The van der Waals surface area contributed by atoms with Gasteiger partial charge in [0, 0.05) is 39.9 Å². The predicted molar refractivity (Wildman–Crippen MR) is 147 cm³/mol. The molecule has 4 aromatic carbocycles. The third kappa shape index (κ3) is 3.83. The second-order valence-electron chi connectivity index (χ2n) is 8.78. The molecule has 0 radical (unpaired) electrons. The van der Waals surface area contributed by atoms with Crippen LogP contribution >= 0.6 is 0 Å². The summed E-state index contributed by atoms with van der Waals surface area (Å²) in [5, 5.41) is 1.86. The minimum Gasteiger partial charge on any atom is -0.456 e. The van der Waals surface area contributed by atoms with Gasteiger partial charge >= 0.3 is 0 Å². The molecule has 5 heteroatoms. The molecule has 37 heavy (non-hydrogen) atoms. The molecule has 0 saturated carbocycles. The van der Waals surface area contributed by atoms with Crippen LogP contribution in [-0.2, 0) is 0 Å². The smallest absolute Gasteiger partial charge is 0.164 e. The molecule has 0 spiro atoms. The molecule has 0 aliphatic carbocycles. The van der Waals surface area contributed by atoms with E-state index in [9.17, 15) is 0 Å². The second kappa shape index (κ2) is 8.81. The van der Waals surface area contributed by atoms with Crippen molar-refractivity contribution in [3.8, 4) is 45.3 Å². The first kappa shape index (κ1) is 21.1. The number of nitrogens with zero attached hydrogens (tertiary/aromatic N) is 4. The Morgan fingerprint density at radius 2 is 1.05 bits per heavy atom. The van der Waals surface area contributed by atoms with Crippen LogP contribution in [0.2, 0.25) is 0 Å². The van der Waals surface area contributed by atoms with Crippen molar-refractivity contribution in [1.82, 2.24) is 19.9 Å². The fraction of sp³-hybridized carbons (Fsp3) is 0. The summed E-state index contributed by atoms with van der Waals surface area (Å²) >= 11 is 0. The van der Waals surface area contributed by atoms with Crippen molar-refractivity contribution in [1.29, 1.82) is 0 Å². The standard InChI is InChI=1S/C32H20N4O/c1-4-10-21(11-5-1)24-18-25(29-26-20-33-17-16-27(26)37-28(29)19-24)32-35-30(22-12-6-2-7-13-22)34-31(36-32)23-14-8-3-9-15-23/h1-20H. The second-order valence-corrected chi connectivity index (χ2v) is 8.78. The molecule has 0 bridgehead atoms. The van der Waals surface area contributed by atoms with E-state index >= 15 is 0 Å². The number of furan rings is 1. The molecule has 5 nitrogen and oxygen atoms in total. The third-order valence-electron chi connectivity index (χ3n) is 6.42. The van der Waals surface area contributed by atoms with Gasteiger partial charge in [0.25, 0.3) is 0 Å². The lowest BCUT2D eigenvalue weighted by molar-refractivity contribution is 0.668. The molecule has 7 aromatic rings. The van der Waals surface area contributed by atoms with Crippen LogP contribution in [0.25, 0.3) is 67.2 Å². The fourth-order valence-corrected chi connectivity index (χ4v) is 4.65. The molecule has 0 aliphatic heterocycles. The van der Waals surface area contributed by atoms with Crippen molar-refractivity contribution >= 4 is 21.9 Å². The van der Waals surface area contributed by atoms with E-state index < -0.39 is 0 Å². The van der Waals surface area contributed by atoms with Crippen LogP contribution < -0.4 is 0 Å². The lowest BCUT2D eigenvalue weighted by Gasteiger charge is -2.11. The van der Waals surface area contributed by atoms with Crippen molar-refractivity contribution < 1.29 is 4.42 Å². The quantitative estimate of drug-likeness (QED) is 0.259. The average Bonchev–Trinajstić information content (AvgIpc) is 3.36. The molecule has 0 amide bonds. The SMILES string of the molecule is c1ccc(-c2cc(-c3nc(-c4ccccc4)nc(-c4ccccc4)n3)c3c(c2)oc2ccncc23)cc1. The van der Waals surface area contributed by atoms with Crippen LogP contribution in [0.3, 0.4) is 0 Å². The number of fused-ring (bicyclic) bond motifs is 3. The highest BCUT2D eigenvalue weighted by atomic mass is 16.3. The Hall–Kier alpha value is -5.16. The van der Waals surface area contributed by atoms with Crippen LogP contribution in [0.1, 0.15) is 0 Å². The topological polar surface area (TPSA) is 64.7 Å². The number of hydrogen-bond acceptors (Lipinski definition) is 5. The van der Waals surface area contributed by atoms with Gasteiger partial charge in [0.15, 0.2) is 17.5 Å². The minimum atomic E-state index is 0.585. The van der Waals surface area contributed by atoms with E-state index in [1.54, 1.807) is 6.20 Å². The molecule has 0 saturated heterocycles. The molecule has 7 rings (SSSR count). The van der Waals surface area contributed by atoms with Crippen LogP contribution in [-0.4, -0.2) is 19.9 Å². The summed E-state index contributed by atoms with van der Waals surface area (Å²) < 4.78 is 6.30. The van der Waals surface area contributed by atoms with Gasteiger partial charge in [0.2, 0.25) is 0 Å². The third-order valence-corrected chi connectivity index (χ3v) is 6.42. The number of pyridine rings is 1. The minimum absolute atomic E-state index is 0.585. The highest BCUT2D eigenvalue weighted by Crippen LogP contribution is 2.39. The van der Waals surface area contributed by atoms with E-state index in [-0.39, 0.29) is 0 Å². The summed E-state index contributed by atoms with van der Waals surface area (Å²) in [5.41, 5.74) is 6.39. The molecular formula is C32H20N4O. The number of aromatic nitrogens is 4. The number of hydrogen-bond donors (Lipinski definition) is 0. The Kier molecular flexibility index (Phi) is 5.03. The van der Waals surface area contributed by atoms with Crippen molar-refractivity contribution in [2.24, 2.45) is 0 Å². The van der Waals surface area contributed by atoms with Gasteiger partial charge in [-0.15, -0.1) is 0 Å². The molecule has 0 unspecified atom stereocenters. The van der Waals surface area contributed by atoms with Crippen LogP contribution in [0, 0.1) is 0 Å². The summed E-state index contributed by atoms with van der Waals surface area (Å²) in [6.45, 7) is 0. The maximum Gasteiger partial charge on any atom is 0.164 e. The van der Waals surface area contributed by atoms with Crippen LogP contribution in [0.15, 0.2) is 126 Å². The zero-order valence-electron chi connectivity index (χ0n) is 19.7. The van der Waals surface area contributed by atoms with Crippen molar-refractivity contribution in [3.63, 3.8) is 0 Å². The maximum absolute atomic E-state index is 6.30. The van der Waals surface area contributed by atoms with E-state index in [1.165, 1.54) is 0 Å². The summed E-state index contributed by atoms with van der Waals surface area (Å²) in [6.07, 6.45) is 3.58. The van der Waals surface area contributed by atoms with Crippen LogP contribution in [0.5, 0.6) is 0 Å². The maximum atomic E-state index is 6.30. The van der Waals surface area contributed by atoms with E-state index in [1.807, 2.05) is 91.1 Å². The van der Waals surface area contributed by atoms with E-state index in [4.69, 9.17) is 19.4 Å². The summed E-state index contributed by atoms with van der Waals surface area (Å²) in [4.78, 5) is 19.2. The van der Waals surface area contributed by atoms with Gasteiger partial charge in [-0.25, -0.2) is 15.0 Å². The zero-order chi connectivity index (χ0) is 24.6. The summed E-state index contributed by atoms with van der Waals surface area (Å²) in [5.74, 6) is 1.82. The number of rotatable bonds is 4. The highest BCUT2D eigenvalue weighted by molar-refractivity contribution is 6.12. The first-order valence-electron chi connectivity index (χ1n) is 12.1. The van der Waals surface area contributed by atoms with Crippen molar-refractivity contribution in [3.05, 3.63) is 122 Å². The molecule has 0 N–H and O–H groups in total. The molecule has 0 atom stereocenters. The van der Waals surface area contributed by atoms with Gasteiger partial charge in [-0.05, 0) is 29.3 Å². The monoisotopic (exact) mass is 476 g/mol. The van der Waals surface area contributed by atoms with E-state index in [0.717, 1.165) is 49.8 Å². The van der Waals surface area contributed by atoms with E-state index in [0.29, 0.717) is 17.5 Å². The highest BCUT2D eigenvalue weighted by Gasteiger charge is 2.19. The first-order valence-corrected chi connectivity index (χ1v) is 12.1.